The van der Waals surface area contributed by atoms with Gasteiger partial charge in [0.2, 0.25) is 0 Å². The number of oxime groups is 1. The van der Waals surface area contributed by atoms with E-state index in [4.69, 9.17) is 33.1 Å². The van der Waals surface area contributed by atoms with Crippen molar-refractivity contribution in [3.63, 3.8) is 0 Å². The normalized spacial score (nSPS) is 11.4. The van der Waals surface area contributed by atoms with Gasteiger partial charge in [-0.05, 0) is 43.3 Å². The molecule has 2 rings (SSSR count). The topological polar surface area (TPSA) is 41.8 Å². The van der Waals surface area contributed by atoms with E-state index in [9.17, 15) is 0 Å². The summed E-state index contributed by atoms with van der Waals surface area (Å²) in [6.45, 7) is 1.67. The van der Waals surface area contributed by atoms with Gasteiger partial charge in [0, 0.05) is 16.7 Å². The van der Waals surface area contributed by atoms with Crippen LogP contribution in [0.3, 0.4) is 0 Å². The number of halogens is 2. The van der Waals surface area contributed by atoms with E-state index >= 15 is 0 Å². The Kier molecular flexibility index (Phi) is 4.30. The quantitative estimate of drug-likeness (QED) is 0.493. The monoisotopic (exact) mass is 295 g/mol. The highest BCUT2D eigenvalue weighted by Crippen LogP contribution is 2.27. The molecule has 0 radical (unpaired) electrons. The lowest BCUT2D eigenvalue weighted by Gasteiger charge is -2.08. The van der Waals surface area contributed by atoms with E-state index in [-0.39, 0.29) is 0 Å². The van der Waals surface area contributed by atoms with E-state index in [2.05, 4.69) is 5.16 Å². The Bertz CT molecular complexity index is 609. The number of rotatable bonds is 3. The SMILES string of the molecule is C/C(=N\O)c1ccc(Oc2ccc(Cl)cc2)cc1Cl. The molecule has 0 aliphatic carbocycles. The van der Waals surface area contributed by atoms with Crippen LogP contribution in [-0.2, 0) is 0 Å². The summed E-state index contributed by atoms with van der Waals surface area (Å²) in [6.07, 6.45) is 0. The molecule has 0 saturated heterocycles. The van der Waals surface area contributed by atoms with Gasteiger partial charge in [0.25, 0.3) is 0 Å². The number of hydrogen-bond acceptors (Lipinski definition) is 3. The molecule has 98 valence electrons. The van der Waals surface area contributed by atoms with E-state index in [0.717, 1.165) is 0 Å². The minimum atomic E-state index is 0.447. The lowest BCUT2D eigenvalue weighted by Crippen LogP contribution is -1.96. The molecule has 0 atom stereocenters. The molecule has 2 aromatic carbocycles. The Morgan fingerprint density at radius 3 is 2.26 bits per heavy atom. The highest BCUT2D eigenvalue weighted by atomic mass is 35.5. The fourth-order valence-corrected chi connectivity index (χ4v) is 1.98. The van der Waals surface area contributed by atoms with Gasteiger partial charge in [0.15, 0.2) is 0 Å². The number of benzene rings is 2. The smallest absolute Gasteiger partial charge is 0.128 e. The second-order valence-corrected chi connectivity index (χ2v) is 4.73. The lowest BCUT2D eigenvalue weighted by molar-refractivity contribution is 0.319. The third-order valence-electron chi connectivity index (χ3n) is 2.53. The Morgan fingerprint density at radius 1 is 1.05 bits per heavy atom. The van der Waals surface area contributed by atoms with Gasteiger partial charge in [-0.15, -0.1) is 0 Å². The standard InChI is InChI=1S/C14H11Cl2NO2/c1-9(17-18)13-7-6-12(8-14(13)16)19-11-4-2-10(15)3-5-11/h2-8,18H,1H3/b17-9+. The van der Waals surface area contributed by atoms with E-state index in [1.54, 1.807) is 49.4 Å². The summed E-state index contributed by atoms with van der Waals surface area (Å²) >= 11 is 11.9. The molecule has 0 heterocycles. The van der Waals surface area contributed by atoms with E-state index in [1.165, 1.54) is 0 Å². The van der Waals surface area contributed by atoms with Crippen molar-refractivity contribution in [2.45, 2.75) is 6.92 Å². The molecule has 0 aliphatic rings. The molecular formula is C14H11Cl2NO2. The van der Waals surface area contributed by atoms with Crippen LogP contribution < -0.4 is 4.74 Å². The van der Waals surface area contributed by atoms with Crippen LogP contribution in [0.4, 0.5) is 0 Å². The first-order valence-corrected chi connectivity index (χ1v) is 6.28. The van der Waals surface area contributed by atoms with Crippen LogP contribution in [0.25, 0.3) is 0 Å². The lowest BCUT2D eigenvalue weighted by atomic mass is 10.1. The molecule has 19 heavy (non-hydrogen) atoms. The Hall–Kier alpha value is -1.71. The van der Waals surface area contributed by atoms with Gasteiger partial charge in [0.1, 0.15) is 11.5 Å². The molecule has 0 aliphatic heterocycles. The van der Waals surface area contributed by atoms with Crippen LogP contribution in [0, 0.1) is 0 Å². The van der Waals surface area contributed by atoms with Crippen molar-refractivity contribution in [1.29, 1.82) is 0 Å². The molecular weight excluding hydrogens is 285 g/mol. The molecule has 1 N–H and O–H groups in total. The molecule has 0 saturated carbocycles. The van der Waals surface area contributed by atoms with Gasteiger partial charge in [0.05, 0.1) is 10.7 Å². The molecule has 0 unspecified atom stereocenters. The second-order valence-electron chi connectivity index (χ2n) is 3.88. The number of ether oxygens (including phenoxy) is 1. The first kappa shape index (κ1) is 13.7. The van der Waals surface area contributed by atoms with Gasteiger partial charge in [-0.2, -0.15) is 0 Å². The van der Waals surface area contributed by atoms with Crippen molar-refractivity contribution in [3.05, 3.63) is 58.1 Å². The highest BCUT2D eigenvalue weighted by Gasteiger charge is 2.06. The Labute approximate surface area is 121 Å². The van der Waals surface area contributed by atoms with Crippen molar-refractivity contribution in [2.24, 2.45) is 5.16 Å². The molecule has 0 amide bonds. The van der Waals surface area contributed by atoms with Crippen LogP contribution >= 0.6 is 23.2 Å². The average molecular weight is 296 g/mol. The van der Waals surface area contributed by atoms with Gasteiger partial charge in [-0.3, -0.25) is 0 Å². The molecule has 0 spiro atoms. The zero-order chi connectivity index (χ0) is 13.8. The van der Waals surface area contributed by atoms with Gasteiger partial charge in [-0.25, -0.2) is 0 Å². The van der Waals surface area contributed by atoms with Crippen molar-refractivity contribution >= 4 is 28.9 Å². The second kappa shape index (κ2) is 5.95. The van der Waals surface area contributed by atoms with Crippen molar-refractivity contribution in [2.75, 3.05) is 0 Å². The minimum Gasteiger partial charge on any atom is -0.457 e. The largest absolute Gasteiger partial charge is 0.457 e. The molecule has 2 aromatic rings. The summed E-state index contributed by atoms with van der Waals surface area (Å²) in [5.74, 6) is 1.27. The third-order valence-corrected chi connectivity index (χ3v) is 3.09. The Morgan fingerprint density at radius 2 is 1.68 bits per heavy atom. The summed E-state index contributed by atoms with van der Waals surface area (Å²) in [4.78, 5) is 0. The molecule has 5 heteroatoms. The van der Waals surface area contributed by atoms with Crippen LogP contribution in [0.2, 0.25) is 10.0 Å². The fraction of sp³-hybridized carbons (Fsp3) is 0.0714. The molecule has 0 aromatic heterocycles. The summed E-state index contributed by atoms with van der Waals surface area (Å²) in [5.41, 5.74) is 1.11. The van der Waals surface area contributed by atoms with E-state index in [0.29, 0.717) is 32.8 Å². The summed E-state index contributed by atoms with van der Waals surface area (Å²) in [5, 5.41) is 13.0. The first-order valence-electron chi connectivity index (χ1n) is 5.52. The number of hydrogen-bond donors (Lipinski definition) is 1. The van der Waals surface area contributed by atoms with E-state index in [1.807, 2.05) is 0 Å². The maximum atomic E-state index is 8.73. The third kappa shape index (κ3) is 3.40. The number of nitrogens with zero attached hydrogens (tertiary/aromatic N) is 1. The molecule has 0 bridgehead atoms. The molecule has 0 fully saturated rings. The van der Waals surface area contributed by atoms with Crippen LogP contribution in [0.5, 0.6) is 11.5 Å². The van der Waals surface area contributed by atoms with Crippen molar-refractivity contribution in [1.82, 2.24) is 0 Å². The summed E-state index contributed by atoms with van der Waals surface area (Å²) < 4.78 is 5.64. The fourth-order valence-electron chi connectivity index (χ4n) is 1.55. The predicted octanol–water partition coefficient (Wildman–Crippen LogP) is 4.98. The van der Waals surface area contributed by atoms with Crippen LogP contribution in [0.15, 0.2) is 47.6 Å². The zero-order valence-corrected chi connectivity index (χ0v) is 11.6. The zero-order valence-electron chi connectivity index (χ0n) is 10.1. The maximum absolute atomic E-state index is 8.73. The highest BCUT2D eigenvalue weighted by molar-refractivity contribution is 6.34. The van der Waals surface area contributed by atoms with Gasteiger partial charge >= 0.3 is 0 Å². The van der Waals surface area contributed by atoms with Crippen LogP contribution in [0.1, 0.15) is 12.5 Å². The van der Waals surface area contributed by atoms with Crippen LogP contribution in [-0.4, -0.2) is 10.9 Å². The van der Waals surface area contributed by atoms with E-state index < -0.39 is 0 Å². The Balaban J connectivity index is 2.23. The summed E-state index contributed by atoms with van der Waals surface area (Å²) in [7, 11) is 0. The maximum Gasteiger partial charge on any atom is 0.128 e. The molecule has 3 nitrogen and oxygen atoms in total. The van der Waals surface area contributed by atoms with Gasteiger partial charge in [-0.1, -0.05) is 28.4 Å². The van der Waals surface area contributed by atoms with Gasteiger partial charge < -0.3 is 9.94 Å². The minimum absolute atomic E-state index is 0.447. The summed E-state index contributed by atoms with van der Waals surface area (Å²) in [6, 6.07) is 12.2. The first-order chi connectivity index (χ1) is 9.10. The predicted molar refractivity (Wildman–Crippen MR) is 77.0 cm³/mol. The van der Waals surface area contributed by atoms with Crippen molar-refractivity contribution < 1.29 is 9.94 Å². The average Bonchev–Trinajstić information content (AvgIpc) is 2.41. The van der Waals surface area contributed by atoms with Crippen molar-refractivity contribution in [3.8, 4) is 11.5 Å².